The van der Waals surface area contributed by atoms with E-state index < -0.39 is 10.0 Å². The molecule has 0 aromatic heterocycles. The van der Waals surface area contributed by atoms with Crippen LogP contribution in [0.3, 0.4) is 0 Å². The number of nitrogens with one attached hydrogen (secondary N) is 1. The molecule has 0 aliphatic carbocycles. The van der Waals surface area contributed by atoms with E-state index in [9.17, 15) is 13.2 Å². The fraction of sp³-hybridized carbons (Fsp3) is 0.278. The number of nitrogens with zero attached hydrogens (tertiary/aromatic N) is 1. The number of anilines is 1. The quantitative estimate of drug-likeness (QED) is 0.750. The summed E-state index contributed by atoms with van der Waals surface area (Å²) in [5.41, 5.74) is 0.633. The summed E-state index contributed by atoms with van der Waals surface area (Å²) in [7, 11) is -2.41. The Morgan fingerprint density at radius 2 is 1.81 bits per heavy atom. The van der Waals surface area contributed by atoms with Crippen LogP contribution in [0.1, 0.15) is 10.4 Å². The van der Waals surface area contributed by atoms with Crippen molar-refractivity contribution in [2.24, 2.45) is 0 Å². The van der Waals surface area contributed by atoms with Gasteiger partial charge in [-0.2, -0.15) is 0 Å². The van der Waals surface area contributed by atoms with Gasteiger partial charge in [-0.3, -0.25) is 9.52 Å². The molecule has 144 valence electrons. The van der Waals surface area contributed by atoms with Gasteiger partial charge in [-0.05, 0) is 42.5 Å². The molecule has 0 saturated carbocycles. The lowest BCUT2D eigenvalue weighted by Crippen LogP contribution is -2.40. The molecule has 0 spiro atoms. The van der Waals surface area contributed by atoms with E-state index in [2.05, 4.69) is 20.7 Å². The lowest BCUT2D eigenvalue weighted by Gasteiger charge is -2.27. The largest absolute Gasteiger partial charge is 0.496 e. The first kappa shape index (κ1) is 19.7. The fourth-order valence-corrected chi connectivity index (χ4v) is 4.04. The maximum Gasteiger partial charge on any atom is 0.261 e. The van der Waals surface area contributed by atoms with Gasteiger partial charge in [0.05, 0.1) is 30.8 Å². The summed E-state index contributed by atoms with van der Waals surface area (Å²) in [5.74, 6) is 0.0462. The Labute approximate surface area is 166 Å². The maximum absolute atomic E-state index is 12.8. The molecular formula is C18H19BrN2O5S. The number of hydrogen-bond acceptors (Lipinski definition) is 5. The predicted molar refractivity (Wildman–Crippen MR) is 105 cm³/mol. The van der Waals surface area contributed by atoms with Crippen LogP contribution >= 0.6 is 15.9 Å². The van der Waals surface area contributed by atoms with Crippen molar-refractivity contribution in [1.29, 1.82) is 0 Å². The van der Waals surface area contributed by atoms with Crippen LogP contribution in [0.4, 0.5) is 5.69 Å². The molecule has 27 heavy (non-hydrogen) atoms. The first-order chi connectivity index (χ1) is 12.9. The van der Waals surface area contributed by atoms with Crippen molar-refractivity contribution < 1.29 is 22.7 Å². The third-order valence-electron chi connectivity index (χ3n) is 4.11. The van der Waals surface area contributed by atoms with Gasteiger partial charge in [0.1, 0.15) is 5.75 Å². The number of carbonyl (C=O) groups is 1. The van der Waals surface area contributed by atoms with E-state index in [0.29, 0.717) is 37.7 Å². The molecule has 1 heterocycles. The van der Waals surface area contributed by atoms with Crippen LogP contribution in [0.2, 0.25) is 0 Å². The highest BCUT2D eigenvalue weighted by Gasteiger charge is 2.24. The zero-order valence-electron chi connectivity index (χ0n) is 14.6. The molecule has 0 radical (unpaired) electrons. The highest BCUT2D eigenvalue weighted by atomic mass is 79.9. The van der Waals surface area contributed by atoms with Gasteiger partial charge in [-0.25, -0.2) is 8.42 Å². The number of halogens is 1. The van der Waals surface area contributed by atoms with E-state index in [-0.39, 0.29) is 16.4 Å². The van der Waals surface area contributed by atoms with Crippen molar-refractivity contribution in [1.82, 2.24) is 4.90 Å². The molecule has 1 amide bonds. The number of methoxy groups -OCH3 is 1. The minimum absolute atomic E-state index is 0.0113. The second-order valence-corrected chi connectivity index (χ2v) is 8.48. The minimum Gasteiger partial charge on any atom is -0.496 e. The van der Waals surface area contributed by atoms with E-state index >= 15 is 0 Å². The molecule has 0 bridgehead atoms. The second-order valence-electron chi connectivity index (χ2n) is 5.88. The smallest absolute Gasteiger partial charge is 0.261 e. The molecule has 1 aliphatic rings. The molecule has 0 atom stereocenters. The molecular weight excluding hydrogens is 436 g/mol. The molecule has 1 fully saturated rings. The Morgan fingerprint density at radius 1 is 1.15 bits per heavy atom. The zero-order chi connectivity index (χ0) is 19.4. The van der Waals surface area contributed by atoms with E-state index in [4.69, 9.17) is 9.47 Å². The normalized spacial score (nSPS) is 14.7. The summed E-state index contributed by atoms with van der Waals surface area (Å²) in [6.07, 6.45) is 0. The molecule has 1 N–H and O–H groups in total. The highest BCUT2D eigenvalue weighted by molar-refractivity contribution is 9.10. The van der Waals surface area contributed by atoms with Gasteiger partial charge in [0.2, 0.25) is 0 Å². The summed E-state index contributed by atoms with van der Waals surface area (Å²) in [6, 6.07) is 11.0. The Kier molecular flexibility index (Phi) is 6.03. The average molecular weight is 455 g/mol. The topological polar surface area (TPSA) is 84.9 Å². The number of morpholine rings is 1. The van der Waals surface area contributed by atoms with Crippen LogP contribution in [0.15, 0.2) is 51.8 Å². The molecule has 0 unspecified atom stereocenters. The third-order valence-corrected chi connectivity index (χ3v) is 6.01. The number of amides is 1. The van der Waals surface area contributed by atoms with Crippen molar-refractivity contribution in [3.05, 3.63) is 52.5 Å². The maximum atomic E-state index is 12.8. The highest BCUT2D eigenvalue weighted by Crippen LogP contribution is 2.26. The summed E-state index contributed by atoms with van der Waals surface area (Å²) in [6.45, 7) is 1.82. The molecule has 1 saturated heterocycles. The SMILES string of the molecule is COc1ccc(S(=O)(=O)Nc2ccc(Br)cc2)cc1C(=O)N1CCOCC1. The summed E-state index contributed by atoms with van der Waals surface area (Å²) < 4.78 is 39.3. The van der Waals surface area contributed by atoms with E-state index in [1.54, 1.807) is 29.2 Å². The van der Waals surface area contributed by atoms with Gasteiger partial charge >= 0.3 is 0 Å². The second kappa shape index (κ2) is 8.28. The van der Waals surface area contributed by atoms with Crippen molar-refractivity contribution in [2.45, 2.75) is 4.90 Å². The van der Waals surface area contributed by atoms with Gasteiger partial charge in [-0.15, -0.1) is 0 Å². The van der Waals surface area contributed by atoms with Crippen LogP contribution in [-0.2, 0) is 14.8 Å². The first-order valence-electron chi connectivity index (χ1n) is 8.24. The van der Waals surface area contributed by atoms with Crippen LogP contribution in [0, 0.1) is 0 Å². The number of rotatable bonds is 5. The number of sulfonamides is 1. The number of hydrogen-bond donors (Lipinski definition) is 1. The molecule has 9 heteroatoms. The molecule has 3 rings (SSSR count). The standard InChI is InChI=1S/C18H19BrN2O5S/c1-25-17-7-6-15(12-16(17)18(22)21-8-10-26-11-9-21)27(23,24)20-14-4-2-13(19)3-5-14/h2-7,12,20H,8-11H2,1H3. The van der Waals surface area contributed by atoms with Crippen molar-refractivity contribution in [3.63, 3.8) is 0 Å². The predicted octanol–water partition coefficient (Wildman–Crippen LogP) is 2.73. The lowest BCUT2D eigenvalue weighted by molar-refractivity contribution is 0.0300. The Bertz CT molecular complexity index is 925. The van der Waals surface area contributed by atoms with Crippen molar-refractivity contribution >= 4 is 37.5 Å². The average Bonchev–Trinajstić information content (AvgIpc) is 2.69. The van der Waals surface area contributed by atoms with Gasteiger partial charge in [0, 0.05) is 23.2 Å². The zero-order valence-corrected chi connectivity index (χ0v) is 17.0. The summed E-state index contributed by atoms with van der Waals surface area (Å²) >= 11 is 3.31. The molecule has 2 aromatic rings. The van der Waals surface area contributed by atoms with Crippen LogP contribution < -0.4 is 9.46 Å². The Hall–Kier alpha value is -2.10. The van der Waals surface area contributed by atoms with Gasteiger partial charge < -0.3 is 14.4 Å². The molecule has 7 nitrogen and oxygen atoms in total. The third kappa shape index (κ3) is 4.60. The van der Waals surface area contributed by atoms with Crippen molar-refractivity contribution in [2.75, 3.05) is 38.1 Å². The summed E-state index contributed by atoms with van der Waals surface area (Å²) in [4.78, 5) is 14.4. The molecule has 1 aliphatic heterocycles. The first-order valence-corrected chi connectivity index (χ1v) is 10.5. The number of ether oxygens (including phenoxy) is 2. The molecule has 2 aromatic carbocycles. The van der Waals surface area contributed by atoms with Crippen LogP contribution in [-0.4, -0.2) is 52.6 Å². The van der Waals surface area contributed by atoms with Gasteiger partial charge in [0.25, 0.3) is 15.9 Å². The van der Waals surface area contributed by atoms with Crippen LogP contribution in [0.5, 0.6) is 5.75 Å². The van der Waals surface area contributed by atoms with Gasteiger partial charge in [-0.1, -0.05) is 15.9 Å². The Morgan fingerprint density at radius 3 is 2.44 bits per heavy atom. The summed E-state index contributed by atoms with van der Waals surface area (Å²) in [5, 5.41) is 0. The van der Waals surface area contributed by atoms with E-state index in [1.807, 2.05) is 0 Å². The van der Waals surface area contributed by atoms with Crippen molar-refractivity contribution in [3.8, 4) is 5.75 Å². The number of carbonyl (C=O) groups excluding carboxylic acids is 1. The Balaban J connectivity index is 1.91. The number of benzene rings is 2. The minimum atomic E-state index is -3.85. The lowest BCUT2D eigenvalue weighted by atomic mass is 10.1. The van der Waals surface area contributed by atoms with E-state index in [0.717, 1.165) is 4.47 Å². The van der Waals surface area contributed by atoms with E-state index in [1.165, 1.54) is 25.3 Å². The monoisotopic (exact) mass is 454 g/mol. The van der Waals surface area contributed by atoms with Gasteiger partial charge in [0.15, 0.2) is 0 Å². The fourth-order valence-electron chi connectivity index (χ4n) is 2.69. The van der Waals surface area contributed by atoms with Crippen LogP contribution in [0.25, 0.3) is 0 Å².